The first-order chi connectivity index (χ1) is 13.3. The molecule has 4 nitrogen and oxygen atoms in total. The van der Waals surface area contributed by atoms with Crippen molar-refractivity contribution < 1.29 is 13.6 Å². The molecule has 1 aliphatic heterocycles. The number of aromatic nitrogens is 1. The molecule has 7 heteroatoms. The van der Waals surface area contributed by atoms with E-state index in [1.807, 2.05) is 18.3 Å². The first-order valence-corrected chi connectivity index (χ1v) is 10.4. The molecule has 2 aliphatic rings. The maximum Gasteiger partial charge on any atom is 0.253 e. The summed E-state index contributed by atoms with van der Waals surface area (Å²) in [6.45, 7) is 2.34. The number of likely N-dealkylation sites (tertiary alicyclic amines) is 1. The Labute approximate surface area is 168 Å². The summed E-state index contributed by atoms with van der Waals surface area (Å²) in [6.07, 6.45) is 3.74. The zero-order valence-corrected chi connectivity index (χ0v) is 16.8. The highest BCUT2D eigenvalue weighted by Gasteiger charge is 2.35. The Morgan fingerprint density at radius 2 is 2.04 bits per heavy atom. The standard InChI is InChI=1S/C21H26ClF2N3O/c1-26-10-7-15(26)12-27-13-16(19-17(22)3-2-4-18(19)27)20(28)25-11-14-5-8-21(23,24)9-6-14/h2-4,13-15H,5-12H2,1H3,(H,25,28)/t15-/m0/s1. The molecule has 0 unspecified atom stereocenters. The van der Waals surface area contributed by atoms with Gasteiger partial charge in [-0.1, -0.05) is 17.7 Å². The Morgan fingerprint density at radius 3 is 2.68 bits per heavy atom. The van der Waals surface area contributed by atoms with Crippen LogP contribution >= 0.6 is 11.6 Å². The van der Waals surface area contributed by atoms with Gasteiger partial charge in [-0.15, -0.1) is 0 Å². The Hall–Kier alpha value is -1.66. The van der Waals surface area contributed by atoms with Gasteiger partial charge in [0.25, 0.3) is 5.91 Å². The molecular formula is C21H26ClF2N3O. The van der Waals surface area contributed by atoms with Crippen molar-refractivity contribution in [3.05, 3.63) is 35.0 Å². The second-order valence-corrected chi connectivity index (χ2v) is 8.67. The van der Waals surface area contributed by atoms with E-state index in [0.29, 0.717) is 36.0 Å². The van der Waals surface area contributed by atoms with Crippen LogP contribution < -0.4 is 5.32 Å². The summed E-state index contributed by atoms with van der Waals surface area (Å²) in [5.41, 5.74) is 1.51. The Morgan fingerprint density at radius 1 is 1.29 bits per heavy atom. The average molecular weight is 410 g/mol. The average Bonchev–Trinajstić information content (AvgIpc) is 3.04. The summed E-state index contributed by atoms with van der Waals surface area (Å²) < 4.78 is 28.8. The van der Waals surface area contributed by atoms with Gasteiger partial charge in [0.15, 0.2) is 0 Å². The first-order valence-electron chi connectivity index (χ1n) is 9.98. The lowest BCUT2D eigenvalue weighted by Crippen LogP contribution is -2.46. The van der Waals surface area contributed by atoms with E-state index >= 15 is 0 Å². The Kier molecular flexibility index (Phi) is 5.36. The van der Waals surface area contributed by atoms with Crippen molar-refractivity contribution in [3.63, 3.8) is 0 Å². The molecule has 0 bridgehead atoms. The minimum absolute atomic E-state index is 0.0897. The lowest BCUT2D eigenvalue weighted by atomic mass is 9.87. The number of carbonyl (C=O) groups excluding carboxylic acids is 1. The van der Waals surface area contributed by atoms with E-state index in [-0.39, 0.29) is 24.7 Å². The number of hydrogen-bond acceptors (Lipinski definition) is 2. The minimum atomic E-state index is -2.55. The van der Waals surface area contributed by atoms with E-state index in [4.69, 9.17) is 11.6 Å². The van der Waals surface area contributed by atoms with Crippen LogP contribution in [0.5, 0.6) is 0 Å². The van der Waals surface area contributed by atoms with Gasteiger partial charge in [-0.05, 0) is 50.9 Å². The number of carbonyl (C=O) groups is 1. The molecule has 2 aromatic rings. The highest BCUT2D eigenvalue weighted by Crippen LogP contribution is 2.36. The van der Waals surface area contributed by atoms with E-state index in [1.54, 1.807) is 6.07 Å². The molecule has 2 fully saturated rings. The summed E-state index contributed by atoms with van der Waals surface area (Å²) in [7, 11) is 2.11. The van der Waals surface area contributed by atoms with Crippen molar-refractivity contribution in [1.82, 2.24) is 14.8 Å². The number of halogens is 3. The zero-order chi connectivity index (χ0) is 19.9. The molecule has 2 heterocycles. The number of nitrogens with zero attached hydrogens (tertiary/aromatic N) is 2. The summed E-state index contributed by atoms with van der Waals surface area (Å²) in [5.74, 6) is -2.62. The Bertz CT molecular complexity index is 872. The monoisotopic (exact) mass is 409 g/mol. The normalized spacial score (nSPS) is 22.9. The van der Waals surface area contributed by atoms with Gasteiger partial charge in [-0.2, -0.15) is 0 Å². The largest absolute Gasteiger partial charge is 0.352 e. The SMILES string of the molecule is CN1CC[C@H]1Cn1cc(C(=O)NCC2CCC(F)(F)CC2)c2c(Cl)cccc21. The van der Waals surface area contributed by atoms with Crippen LogP contribution in [0.15, 0.2) is 24.4 Å². The van der Waals surface area contributed by atoms with Gasteiger partial charge >= 0.3 is 0 Å². The molecule has 1 N–H and O–H groups in total. The molecule has 1 aliphatic carbocycles. The van der Waals surface area contributed by atoms with Crippen molar-refractivity contribution in [2.75, 3.05) is 20.1 Å². The minimum Gasteiger partial charge on any atom is -0.352 e. The van der Waals surface area contributed by atoms with E-state index in [9.17, 15) is 13.6 Å². The van der Waals surface area contributed by atoms with Gasteiger partial charge in [0.1, 0.15) is 0 Å². The number of hydrogen-bond donors (Lipinski definition) is 1. The van der Waals surface area contributed by atoms with Gasteiger partial charge in [-0.25, -0.2) is 8.78 Å². The highest BCUT2D eigenvalue weighted by atomic mass is 35.5. The van der Waals surface area contributed by atoms with Gasteiger partial charge in [0, 0.05) is 43.6 Å². The molecule has 152 valence electrons. The lowest BCUT2D eigenvalue weighted by molar-refractivity contribution is -0.0452. The van der Waals surface area contributed by atoms with Crippen molar-refractivity contribution >= 4 is 28.4 Å². The van der Waals surface area contributed by atoms with Gasteiger partial charge in [0.05, 0.1) is 16.1 Å². The fraction of sp³-hybridized carbons (Fsp3) is 0.571. The number of likely N-dealkylation sites (N-methyl/N-ethyl adjacent to an activating group) is 1. The van der Waals surface area contributed by atoms with E-state index in [0.717, 1.165) is 30.4 Å². The van der Waals surface area contributed by atoms with Crippen LogP contribution in [-0.4, -0.2) is 47.5 Å². The van der Waals surface area contributed by atoms with E-state index in [1.165, 1.54) is 0 Å². The summed E-state index contributed by atoms with van der Waals surface area (Å²) in [5, 5.41) is 4.27. The predicted octanol–water partition coefficient (Wildman–Crippen LogP) is 4.55. The van der Waals surface area contributed by atoms with Crippen LogP contribution in [0.1, 0.15) is 42.5 Å². The first kappa shape index (κ1) is 19.6. The van der Waals surface area contributed by atoms with Crippen LogP contribution in [-0.2, 0) is 6.54 Å². The van der Waals surface area contributed by atoms with Crippen LogP contribution in [0.2, 0.25) is 5.02 Å². The molecule has 1 aromatic carbocycles. The third-order valence-electron chi connectivity index (χ3n) is 6.33. The molecule has 4 rings (SSSR count). The van der Waals surface area contributed by atoms with Crippen LogP contribution in [0.4, 0.5) is 8.78 Å². The molecule has 1 saturated heterocycles. The molecule has 1 saturated carbocycles. The maximum absolute atomic E-state index is 13.3. The quantitative estimate of drug-likeness (QED) is 0.786. The maximum atomic E-state index is 13.3. The number of rotatable bonds is 5. The van der Waals surface area contributed by atoms with Crippen LogP contribution in [0.3, 0.4) is 0 Å². The molecule has 1 atom stereocenters. The van der Waals surface area contributed by atoms with Crippen molar-refractivity contribution in [2.45, 2.75) is 50.6 Å². The summed E-state index contributed by atoms with van der Waals surface area (Å²) in [6, 6.07) is 6.15. The summed E-state index contributed by atoms with van der Waals surface area (Å²) >= 11 is 6.43. The second-order valence-electron chi connectivity index (χ2n) is 8.26. The van der Waals surface area contributed by atoms with E-state index < -0.39 is 5.92 Å². The molecule has 1 amide bonds. The third kappa shape index (κ3) is 3.90. The van der Waals surface area contributed by atoms with Gasteiger partial charge in [-0.3, -0.25) is 4.79 Å². The predicted molar refractivity (Wildman–Crippen MR) is 107 cm³/mol. The topological polar surface area (TPSA) is 37.3 Å². The number of alkyl halides is 2. The molecule has 0 radical (unpaired) electrons. The van der Waals surface area contributed by atoms with Crippen LogP contribution in [0.25, 0.3) is 10.9 Å². The molecular weight excluding hydrogens is 384 g/mol. The Balaban J connectivity index is 1.50. The smallest absolute Gasteiger partial charge is 0.253 e. The highest BCUT2D eigenvalue weighted by molar-refractivity contribution is 6.36. The molecule has 0 spiro atoms. The fourth-order valence-corrected chi connectivity index (χ4v) is 4.57. The number of nitrogens with one attached hydrogen (secondary N) is 1. The molecule has 1 aromatic heterocycles. The van der Waals surface area contributed by atoms with E-state index in [2.05, 4.69) is 21.8 Å². The number of amides is 1. The van der Waals surface area contributed by atoms with Gasteiger partial charge in [0.2, 0.25) is 5.92 Å². The van der Waals surface area contributed by atoms with Gasteiger partial charge < -0.3 is 14.8 Å². The van der Waals surface area contributed by atoms with Crippen LogP contribution in [0, 0.1) is 5.92 Å². The van der Waals surface area contributed by atoms with Crippen molar-refractivity contribution in [1.29, 1.82) is 0 Å². The summed E-state index contributed by atoms with van der Waals surface area (Å²) in [4.78, 5) is 15.2. The number of benzene rings is 1. The molecule has 28 heavy (non-hydrogen) atoms. The number of fused-ring (bicyclic) bond motifs is 1. The second kappa shape index (κ2) is 7.64. The van der Waals surface area contributed by atoms with Crippen molar-refractivity contribution in [2.24, 2.45) is 5.92 Å². The van der Waals surface area contributed by atoms with Crippen molar-refractivity contribution in [3.8, 4) is 0 Å². The fourth-order valence-electron chi connectivity index (χ4n) is 4.30. The zero-order valence-electron chi connectivity index (χ0n) is 16.1. The third-order valence-corrected chi connectivity index (χ3v) is 6.65. The lowest BCUT2D eigenvalue weighted by Gasteiger charge is -2.38.